The van der Waals surface area contributed by atoms with Crippen molar-refractivity contribution in [3.8, 4) is 0 Å². The fourth-order valence-electron chi connectivity index (χ4n) is 2.50. The highest BCUT2D eigenvalue weighted by atomic mass is 16.5. The average Bonchev–Trinajstić information content (AvgIpc) is 2.82. The predicted octanol–water partition coefficient (Wildman–Crippen LogP) is 1.28. The molecule has 0 bridgehead atoms. The first-order valence-corrected chi connectivity index (χ1v) is 6.03. The maximum Gasteiger partial charge on any atom is 0.157 e. The zero-order chi connectivity index (χ0) is 11.0. The van der Waals surface area contributed by atoms with E-state index in [4.69, 9.17) is 4.74 Å². The maximum absolute atomic E-state index is 5.64. The van der Waals surface area contributed by atoms with Crippen LogP contribution in [0, 0.1) is 6.92 Å². The van der Waals surface area contributed by atoms with Crippen molar-refractivity contribution in [2.75, 3.05) is 13.2 Å². The number of nitrogens with one attached hydrogen (secondary N) is 1. The van der Waals surface area contributed by atoms with Crippen LogP contribution in [0.5, 0.6) is 0 Å². The molecule has 86 valence electrons. The molecule has 0 radical (unpaired) electrons. The lowest BCUT2D eigenvalue weighted by Crippen LogP contribution is -2.27. The molecule has 0 amide bonds. The van der Waals surface area contributed by atoms with Crippen LogP contribution < -0.4 is 5.32 Å². The number of fused-ring (bicyclic) bond motifs is 1. The molecule has 3 heterocycles. The highest BCUT2D eigenvalue weighted by molar-refractivity contribution is 5.28. The lowest BCUT2D eigenvalue weighted by molar-refractivity contribution is 0.104. The Morgan fingerprint density at radius 1 is 1.38 bits per heavy atom. The molecule has 0 aromatic carbocycles. The number of nitrogens with zero attached hydrogens (tertiary/aromatic N) is 2. The standard InChI is InChI=1S/C12H17N3O/c1-8-9-4-5-13-7-10(9)15-12(14-8)11-3-2-6-16-11/h11,13H,2-7H2,1H3. The quantitative estimate of drug-likeness (QED) is 0.773. The van der Waals surface area contributed by atoms with Gasteiger partial charge in [0.15, 0.2) is 5.82 Å². The molecule has 4 nitrogen and oxygen atoms in total. The normalized spacial score (nSPS) is 24.4. The smallest absolute Gasteiger partial charge is 0.157 e. The summed E-state index contributed by atoms with van der Waals surface area (Å²) in [5.41, 5.74) is 3.64. The van der Waals surface area contributed by atoms with Gasteiger partial charge in [-0.25, -0.2) is 9.97 Å². The Morgan fingerprint density at radius 3 is 3.12 bits per heavy atom. The van der Waals surface area contributed by atoms with Gasteiger partial charge in [-0.3, -0.25) is 0 Å². The van der Waals surface area contributed by atoms with E-state index in [0.29, 0.717) is 0 Å². The van der Waals surface area contributed by atoms with Gasteiger partial charge in [-0.2, -0.15) is 0 Å². The molecule has 1 unspecified atom stereocenters. The molecule has 2 aliphatic heterocycles. The molecule has 4 heteroatoms. The molecular formula is C12H17N3O. The van der Waals surface area contributed by atoms with Crippen molar-refractivity contribution in [1.82, 2.24) is 15.3 Å². The van der Waals surface area contributed by atoms with Crippen LogP contribution in [0.3, 0.4) is 0 Å². The number of hydrogen-bond donors (Lipinski definition) is 1. The van der Waals surface area contributed by atoms with Crippen molar-refractivity contribution in [1.29, 1.82) is 0 Å². The average molecular weight is 219 g/mol. The van der Waals surface area contributed by atoms with Crippen molar-refractivity contribution in [2.45, 2.75) is 38.8 Å². The molecule has 3 rings (SSSR count). The Kier molecular flexibility index (Phi) is 2.61. The van der Waals surface area contributed by atoms with Crippen LogP contribution in [0.2, 0.25) is 0 Å². The summed E-state index contributed by atoms with van der Waals surface area (Å²) >= 11 is 0. The molecule has 1 saturated heterocycles. The van der Waals surface area contributed by atoms with Crippen molar-refractivity contribution in [3.63, 3.8) is 0 Å². The second-order valence-corrected chi connectivity index (χ2v) is 4.52. The van der Waals surface area contributed by atoms with Crippen LogP contribution >= 0.6 is 0 Å². The SMILES string of the molecule is Cc1nc(C2CCCO2)nc2c1CCNC2. The van der Waals surface area contributed by atoms with Gasteiger partial charge in [0.1, 0.15) is 6.10 Å². The summed E-state index contributed by atoms with van der Waals surface area (Å²) in [4.78, 5) is 9.26. The molecule has 0 spiro atoms. The highest BCUT2D eigenvalue weighted by Gasteiger charge is 2.23. The topological polar surface area (TPSA) is 47.0 Å². The first-order valence-electron chi connectivity index (χ1n) is 6.03. The largest absolute Gasteiger partial charge is 0.370 e. The van der Waals surface area contributed by atoms with E-state index in [-0.39, 0.29) is 6.10 Å². The number of aromatic nitrogens is 2. The van der Waals surface area contributed by atoms with Gasteiger partial charge in [-0.1, -0.05) is 0 Å². The number of hydrogen-bond acceptors (Lipinski definition) is 4. The third-order valence-electron chi connectivity index (χ3n) is 3.38. The Bertz CT molecular complexity index is 399. The third-order valence-corrected chi connectivity index (χ3v) is 3.38. The zero-order valence-electron chi connectivity index (χ0n) is 9.62. The molecule has 1 aromatic rings. The van der Waals surface area contributed by atoms with Crippen molar-refractivity contribution >= 4 is 0 Å². The summed E-state index contributed by atoms with van der Waals surface area (Å²) in [6.45, 7) is 4.85. The van der Waals surface area contributed by atoms with Gasteiger partial charge in [-0.05, 0) is 38.3 Å². The van der Waals surface area contributed by atoms with Crippen LogP contribution in [-0.2, 0) is 17.7 Å². The fraction of sp³-hybridized carbons (Fsp3) is 0.667. The van der Waals surface area contributed by atoms with Crippen molar-refractivity contribution < 1.29 is 4.74 Å². The number of aryl methyl sites for hydroxylation is 1. The molecule has 1 atom stereocenters. The first-order chi connectivity index (χ1) is 7.84. The van der Waals surface area contributed by atoms with Crippen LogP contribution in [0.25, 0.3) is 0 Å². The number of rotatable bonds is 1. The second-order valence-electron chi connectivity index (χ2n) is 4.52. The summed E-state index contributed by atoms with van der Waals surface area (Å²) < 4.78 is 5.64. The Hall–Kier alpha value is -1.00. The summed E-state index contributed by atoms with van der Waals surface area (Å²) in [5.74, 6) is 0.887. The molecule has 0 aliphatic carbocycles. The van der Waals surface area contributed by atoms with Gasteiger partial charge >= 0.3 is 0 Å². The predicted molar refractivity (Wildman–Crippen MR) is 60.1 cm³/mol. The van der Waals surface area contributed by atoms with Gasteiger partial charge in [0.25, 0.3) is 0 Å². The summed E-state index contributed by atoms with van der Waals surface area (Å²) in [6.07, 6.45) is 3.37. The third kappa shape index (κ3) is 1.72. The summed E-state index contributed by atoms with van der Waals surface area (Å²) in [6, 6.07) is 0. The zero-order valence-corrected chi connectivity index (χ0v) is 9.62. The van der Waals surface area contributed by atoms with Gasteiger partial charge < -0.3 is 10.1 Å². The molecular weight excluding hydrogens is 202 g/mol. The lowest BCUT2D eigenvalue weighted by Gasteiger charge is -2.20. The van der Waals surface area contributed by atoms with Crippen LogP contribution in [-0.4, -0.2) is 23.1 Å². The minimum absolute atomic E-state index is 0.130. The van der Waals surface area contributed by atoms with Crippen molar-refractivity contribution in [2.24, 2.45) is 0 Å². The van der Waals surface area contributed by atoms with Gasteiger partial charge in [0, 0.05) is 18.8 Å². The van der Waals surface area contributed by atoms with Crippen LogP contribution in [0.1, 0.15) is 41.7 Å². The monoisotopic (exact) mass is 219 g/mol. The van der Waals surface area contributed by atoms with E-state index < -0.39 is 0 Å². The molecule has 1 fully saturated rings. The second kappa shape index (κ2) is 4.11. The van der Waals surface area contributed by atoms with Gasteiger partial charge in [-0.15, -0.1) is 0 Å². The minimum Gasteiger partial charge on any atom is -0.370 e. The minimum atomic E-state index is 0.130. The van der Waals surface area contributed by atoms with E-state index in [1.807, 2.05) is 0 Å². The van der Waals surface area contributed by atoms with Crippen LogP contribution in [0.4, 0.5) is 0 Å². The van der Waals surface area contributed by atoms with Gasteiger partial charge in [0.05, 0.1) is 5.69 Å². The maximum atomic E-state index is 5.64. The number of ether oxygens (including phenoxy) is 1. The van der Waals surface area contributed by atoms with E-state index in [2.05, 4.69) is 22.2 Å². The van der Waals surface area contributed by atoms with Crippen molar-refractivity contribution in [3.05, 3.63) is 22.8 Å². The molecule has 2 aliphatic rings. The van der Waals surface area contributed by atoms with E-state index in [0.717, 1.165) is 50.5 Å². The highest BCUT2D eigenvalue weighted by Crippen LogP contribution is 2.27. The Balaban J connectivity index is 1.97. The Morgan fingerprint density at radius 2 is 2.31 bits per heavy atom. The summed E-state index contributed by atoms with van der Waals surface area (Å²) in [7, 11) is 0. The van der Waals surface area contributed by atoms with E-state index in [9.17, 15) is 0 Å². The van der Waals surface area contributed by atoms with E-state index in [1.54, 1.807) is 0 Å². The molecule has 1 N–H and O–H groups in total. The fourth-order valence-corrected chi connectivity index (χ4v) is 2.50. The van der Waals surface area contributed by atoms with Crippen LogP contribution in [0.15, 0.2) is 0 Å². The lowest BCUT2D eigenvalue weighted by atomic mass is 10.0. The molecule has 1 aromatic heterocycles. The molecule has 0 saturated carbocycles. The van der Waals surface area contributed by atoms with E-state index in [1.165, 1.54) is 11.3 Å². The van der Waals surface area contributed by atoms with Gasteiger partial charge in [0.2, 0.25) is 0 Å². The molecule has 16 heavy (non-hydrogen) atoms. The summed E-state index contributed by atoms with van der Waals surface area (Å²) in [5, 5.41) is 3.35. The first kappa shape index (κ1) is 10.2. The Labute approximate surface area is 95.4 Å². The van der Waals surface area contributed by atoms with E-state index >= 15 is 0 Å².